The molecule has 0 atom stereocenters. The molecule has 1 amide bonds. The Labute approximate surface area is 124 Å². The summed E-state index contributed by atoms with van der Waals surface area (Å²) in [6, 6.07) is 12.3. The van der Waals surface area contributed by atoms with Crippen molar-refractivity contribution in [2.75, 3.05) is 17.2 Å². The van der Waals surface area contributed by atoms with E-state index in [4.69, 9.17) is 0 Å². The third-order valence-corrected chi connectivity index (χ3v) is 3.05. The van der Waals surface area contributed by atoms with Gasteiger partial charge in [0.05, 0.1) is 5.69 Å². The summed E-state index contributed by atoms with van der Waals surface area (Å²) in [6.07, 6.45) is 0.279. The smallest absolute Gasteiger partial charge is 0.226 e. The monoisotopic (exact) mass is 286 g/mol. The quantitative estimate of drug-likeness (QED) is 0.875. The molecule has 2 aromatic rings. The summed E-state index contributed by atoms with van der Waals surface area (Å²) in [7, 11) is 0. The van der Waals surface area contributed by atoms with Gasteiger partial charge in [-0.15, -0.1) is 0 Å². The summed E-state index contributed by atoms with van der Waals surface area (Å²) in [5.74, 6) is -0.634. The maximum absolute atomic E-state index is 13.4. The van der Waals surface area contributed by atoms with E-state index in [9.17, 15) is 9.18 Å². The molecule has 0 spiro atoms. The molecule has 0 aliphatic carbocycles. The first-order valence-electron chi connectivity index (χ1n) is 6.91. The molecular formula is C17H19FN2O. The van der Waals surface area contributed by atoms with Crippen molar-refractivity contribution in [2.45, 2.75) is 20.3 Å². The fraction of sp³-hybridized carbons (Fsp3) is 0.235. The number of carbonyl (C=O) groups is 1. The first-order chi connectivity index (χ1) is 10.0. The summed E-state index contributed by atoms with van der Waals surface area (Å²) in [5, 5.41) is 5.77. The molecule has 0 bridgehead atoms. The van der Waals surface area contributed by atoms with Gasteiger partial charge in [0.25, 0.3) is 0 Å². The topological polar surface area (TPSA) is 41.1 Å². The minimum Gasteiger partial charge on any atom is -0.385 e. The second-order valence-electron chi connectivity index (χ2n) is 5.08. The van der Waals surface area contributed by atoms with Gasteiger partial charge in [-0.2, -0.15) is 0 Å². The Morgan fingerprint density at radius 2 is 1.76 bits per heavy atom. The molecule has 2 aromatic carbocycles. The number of halogens is 1. The number of rotatable bonds is 5. The molecule has 0 saturated carbocycles. The number of anilines is 2. The van der Waals surface area contributed by atoms with E-state index in [2.05, 4.69) is 16.7 Å². The Morgan fingerprint density at radius 3 is 2.43 bits per heavy atom. The lowest BCUT2D eigenvalue weighted by Crippen LogP contribution is -2.17. The highest BCUT2D eigenvalue weighted by molar-refractivity contribution is 5.91. The van der Waals surface area contributed by atoms with Gasteiger partial charge in [-0.3, -0.25) is 4.79 Å². The van der Waals surface area contributed by atoms with Crippen molar-refractivity contribution >= 4 is 17.3 Å². The van der Waals surface area contributed by atoms with Crippen molar-refractivity contribution in [1.29, 1.82) is 0 Å². The van der Waals surface area contributed by atoms with Crippen LogP contribution in [0.25, 0.3) is 0 Å². The van der Waals surface area contributed by atoms with Crippen LogP contribution in [-0.2, 0) is 4.79 Å². The van der Waals surface area contributed by atoms with E-state index >= 15 is 0 Å². The zero-order valence-corrected chi connectivity index (χ0v) is 12.2. The van der Waals surface area contributed by atoms with Crippen LogP contribution in [0.2, 0.25) is 0 Å². The third-order valence-electron chi connectivity index (χ3n) is 3.05. The number of hydrogen-bond acceptors (Lipinski definition) is 2. The Balaban J connectivity index is 1.83. The highest BCUT2D eigenvalue weighted by Gasteiger charge is 2.06. The van der Waals surface area contributed by atoms with Crippen LogP contribution in [0.4, 0.5) is 15.8 Å². The lowest BCUT2D eigenvalue weighted by Gasteiger charge is -2.09. The molecule has 4 heteroatoms. The van der Waals surface area contributed by atoms with Gasteiger partial charge in [0.2, 0.25) is 5.91 Å². The zero-order valence-electron chi connectivity index (χ0n) is 12.2. The van der Waals surface area contributed by atoms with Gasteiger partial charge in [-0.1, -0.05) is 18.2 Å². The van der Waals surface area contributed by atoms with Crippen LogP contribution >= 0.6 is 0 Å². The van der Waals surface area contributed by atoms with E-state index < -0.39 is 5.82 Å². The minimum atomic E-state index is -0.423. The maximum Gasteiger partial charge on any atom is 0.226 e. The largest absolute Gasteiger partial charge is 0.385 e. The van der Waals surface area contributed by atoms with Crippen LogP contribution in [0.15, 0.2) is 42.5 Å². The summed E-state index contributed by atoms with van der Waals surface area (Å²) in [4.78, 5) is 11.8. The van der Waals surface area contributed by atoms with E-state index in [0.29, 0.717) is 6.54 Å². The van der Waals surface area contributed by atoms with Crippen molar-refractivity contribution in [3.63, 3.8) is 0 Å². The number of para-hydroxylation sites is 1. The molecular weight excluding hydrogens is 267 g/mol. The van der Waals surface area contributed by atoms with Crippen LogP contribution < -0.4 is 10.6 Å². The summed E-state index contributed by atoms with van der Waals surface area (Å²) in [5.41, 5.74) is 3.56. The molecule has 0 unspecified atom stereocenters. The second-order valence-corrected chi connectivity index (χ2v) is 5.08. The number of hydrogen-bond donors (Lipinski definition) is 2. The van der Waals surface area contributed by atoms with Gasteiger partial charge in [0, 0.05) is 18.7 Å². The molecule has 110 valence electrons. The standard InChI is InChI=1S/C17H19FN2O/c1-12-9-13(2)11-14(10-12)19-8-7-17(21)20-16-6-4-3-5-15(16)18/h3-6,9-11,19H,7-8H2,1-2H3,(H,20,21). The fourth-order valence-corrected chi connectivity index (χ4v) is 2.17. The van der Waals surface area contributed by atoms with Gasteiger partial charge in [0.15, 0.2) is 0 Å². The molecule has 2 rings (SSSR count). The average molecular weight is 286 g/mol. The number of carbonyl (C=O) groups excluding carboxylic acids is 1. The third kappa shape index (κ3) is 4.60. The molecule has 3 nitrogen and oxygen atoms in total. The van der Waals surface area contributed by atoms with Crippen LogP contribution in [0.1, 0.15) is 17.5 Å². The van der Waals surface area contributed by atoms with Crippen molar-refractivity contribution in [3.8, 4) is 0 Å². The minimum absolute atomic E-state index is 0.211. The van der Waals surface area contributed by atoms with Gasteiger partial charge in [-0.25, -0.2) is 4.39 Å². The maximum atomic E-state index is 13.4. The predicted octanol–water partition coefficient (Wildman–Crippen LogP) is 3.88. The summed E-state index contributed by atoms with van der Waals surface area (Å²) in [6.45, 7) is 4.56. The second kappa shape index (κ2) is 6.88. The molecule has 2 N–H and O–H groups in total. The van der Waals surface area contributed by atoms with E-state index in [-0.39, 0.29) is 18.0 Å². The van der Waals surface area contributed by atoms with Gasteiger partial charge in [0.1, 0.15) is 5.82 Å². The van der Waals surface area contributed by atoms with Crippen LogP contribution in [0, 0.1) is 19.7 Å². The number of amides is 1. The predicted molar refractivity (Wildman–Crippen MR) is 84.1 cm³/mol. The van der Waals surface area contributed by atoms with Crippen molar-refractivity contribution in [3.05, 3.63) is 59.4 Å². The van der Waals surface area contributed by atoms with Gasteiger partial charge in [-0.05, 0) is 49.2 Å². The van der Waals surface area contributed by atoms with Crippen LogP contribution in [-0.4, -0.2) is 12.5 Å². The Morgan fingerprint density at radius 1 is 1.10 bits per heavy atom. The van der Waals surface area contributed by atoms with E-state index in [1.807, 2.05) is 26.0 Å². The van der Waals surface area contributed by atoms with Crippen molar-refractivity contribution in [2.24, 2.45) is 0 Å². The lowest BCUT2D eigenvalue weighted by molar-refractivity contribution is -0.116. The average Bonchev–Trinajstić information content (AvgIpc) is 2.40. The van der Waals surface area contributed by atoms with Crippen LogP contribution in [0.3, 0.4) is 0 Å². The lowest BCUT2D eigenvalue weighted by atomic mass is 10.1. The highest BCUT2D eigenvalue weighted by Crippen LogP contribution is 2.14. The first-order valence-corrected chi connectivity index (χ1v) is 6.91. The molecule has 0 radical (unpaired) electrons. The van der Waals surface area contributed by atoms with Gasteiger partial charge < -0.3 is 10.6 Å². The molecule has 0 aliphatic heterocycles. The van der Waals surface area contributed by atoms with E-state index in [1.54, 1.807) is 18.2 Å². The zero-order chi connectivity index (χ0) is 15.2. The molecule has 21 heavy (non-hydrogen) atoms. The van der Waals surface area contributed by atoms with Crippen molar-refractivity contribution in [1.82, 2.24) is 0 Å². The first kappa shape index (κ1) is 15.0. The van der Waals surface area contributed by atoms with Gasteiger partial charge >= 0.3 is 0 Å². The molecule has 0 fully saturated rings. The number of benzene rings is 2. The van der Waals surface area contributed by atoms with Crippen LogP contribution in [0.5, 0.6) is 0 Å². The SMILES string of the molecule is Cc1cc(C)cc(NCCC(=O)Nc2ccccc2F)c1. The highest BCUT2D eigenvalue weighted by atomic mass is 19.1. The molecule has 0 aromatic heterocycles. The number of aryl methyl sites for hydroxylation is 2. The van der Waals surface area contributed by atoms with Crippen molar-refractivity contribution < 1.29 is 9.18 Å². The molecule has 0 aliphatic rings. The van der Waals surface area contributed by atoms with E-state index in [1.165, 1.54) is 17.2 Å². The number of nitrogens with one attached hydrogen (secondary N) is 2. The summed E-state index contributed by atoms with van der Waals surface area (Å²) >= 11 is 0. The molecule has 0 saturated heterocycles. The molecule has 0 heterocycles. The Bertz CT molecular complexity index is 620. The normalized spacial score (nSPS) is 10.2. The Hall–Kier alpha value is -2.36. The fourth-order valence-electron chi connectivity index (χ4n) is 2.17. The summed E-state index contributed by atoms with van der Waals surface area (Å²) < 4.78 is 13.4. The Kier molecular flexibility index (Phi) is 4.93. The van der Waals surface area contributed by atoms with E-state index in [0.717, 1.165) is 5.69 Å².